The summed E-state index contributed by atoms with van der Waals surface area (Å²) in [6.07, 6.45) is 9.44. The molecular formula is C16H14OS. The van der Waals surface area contributed by atoms with Gasteiger partial charge in [0.25, 0.3) is 0 Å². The fourth-order valence-electron chi connectivity index (χ4n) is 1.77. The maximum Gasteiger partial charge on any atom is 0.200 e. The lowest BCUT2D eigenvalue weighted by Crippen LogP contribution is -1.93. The molecule has 18 heavy (non-hydrogen) atoms. The summed E-state index contributed by atoms with van der Waals surface area (Å²) in [5.74, 6) is 0.107. The second-order valence-electron chi connectivity index (χ2n) is 3.84. The van der Waals surface area contributed by atoms with Crippen LogP contribution in [0, 0.1) is 0 Å². The van der Waals surface area contributed by atoms with Gasteiger partial charge in [-0.25, -0.2) is 0 Å². The first-order chi connectivity index (χ1) is 8.76. The van der Waals surface area contributed by atoms with Gasteiger partial charge < -0.3 is 0 Å². The summed E-state index contributed by atoms with van der Waals surface area (Å²) >= 11 is 1.53. The van der Waals surface area contributed by atoms with Crippen LogP contribution < -0.4 is 0 Å². The van der Waals surface area contributed by atoms with Crippen LogP contribution in [0.1, 0.15) is 17.3 Å². The predicted octanol–water partition coefficient (Wildman–Crippen LogP) is 4.55. The molecule has 2 rings (SSSR count). The first-order valence-electron chi connectivity index (χ1n) is 5.75. The van der Waals surface area contributed by atoms with E-state index in [-0.39, 0.29) is 5.78 Å². The van der Waals surface area contributed by atoms with E-state index in [2.05, 4.69) is 6.58 Å². The molecule has 0 saturated heterocycles. The highest BCUT2D eigenvalue weighted by molar-refractivity contribution is 8.04. The van der Waals surface area contributed by atoms with Crippen molar-refractivity contribution in [1.29, 1.82) is 0 Å². The summed E-state index contributed by atoms with van der Waals surface area (Å²) in [6, 6.07) is 7.70. The Balaban J connectivity index is 2.36. The molecule has 1 aromatic carbocycles. The van der Waals surface area contributed by atoms with E-state index in [0.29, 0.717) is 0 Å². The van der Waals surface area contributed by atoms with E-state index in [0.717, 1.165) is 20.9 Å². The van der Waals surface area contributed by atoms with Crippen molar-refractivity contribution in [2.24, 2.45) is 0 Å². The van der Waals surface area contributed by atoms with Crippen LogP contribution in [0.2, 0.25) is 0 Å². The first-order valence-corrected chi connectivity index (χ1v) is 6.56. The smallest absolute Gasteiger partial charge is 0.200 e. The number of carbonyl (C=O) groups excluding carboxylic acids is 1. The molecule has 0 saturated carbocycles. The molecular weight excluding hydrogens is 240 g/mol. The average molecular weight is 254 g/mol. The van der Waals surface area contributed by atoms with E-state index < -0.39 is 0 Å². The minimum atomic E-state index is 0.107. The van der Waals surface area contributed by atoms with Crippen molar-refractivity contribution >= 4 is 17.5 Å². The molecule has 1 aliphatic rings. The quantitative estimate of drug-likeness (QED) is 0.581. The Labute approximate surface area is 112 Å². The second-order valence-corrected chi connectivity index (χ2v) is 4.92. The molecule has 0 bridgehead atoms. The zero-order chi connectivity index (χ0) is 13.0. The molecule has 0 N–H and O–H groups in total. The summed E-state index contributed by atoms with van der Waals surface area (Å²) in [7, 11) is 0. The third kappa shape index (κ3) is 2.54. The molecule has 0 spiro atoms. The summed E-state index contributed by atoms with van der Waals surface area (Å²) in [6.45, 7) is 5.64. The third-order valence-corrected chi connectivity index (χ3v) is 3.64. The number of carbonyl (C=O) groups is 1. The summed E-state index contributed by atoms with van der Waals surface area (Å²) in [5.41, 5.74) is 1.78. The first kappa shape index (κ1) is 12.7. The van der Waals surface area contributed by atoms with Gasteiger partial charge in [-0.15, -0.1) is 0 Å². The molecule has 0 radical (unpaired) electrons. The fraction of sp³-hybridized carbons (Fsp3) is 0.0625. The van der Waals surface area contributed by atoms with E-state index in [4.69, 9.17) is 0 Å². The van der Waals surface area contributed by atoms with Gasteiger partial charge in [0, 0.05) is 10.5 Å². The second kappa shape index (κ2) is 5.69. The Morgan fingerprint density at radius 2 is 2.11 bits per heavy atom. The van der Waals surface area contributed by atoms with Crippen molar-refractivity contribution in [3.05, 3.63) is 77.3 Å². The molecule has 1 nitrogen and oxygen atoms in total. The van der Waals surface area contributed by atoms with Crippen LogP contribution in [0.3, 0.4) is 0 Å². The number of ketones is 1. The molecule has 1 aliphatic heterocycles. The Hall–Kier alpha value is -1.80. The normalized spacial score (nSPS) is 17.5. The molecule has 1 aromatic rings. The number of hydrogen-bond acceptors (Lipinski definition) is 2. The number of fused-ring (bicyclic) bond motifs is 1. The third-order valence-electron chi connectivity index (χ3n) is 2.54. The van der Waals surface area contributed by atoms with Crippen molar-refractivity contribution in [1.82, 2.24) is 0 Å². The fourth-order valence-corrected chi connectivity index (χ4v) is 2.82. The SMILES string of the molecule is C=C/C=C(\C=C/C)/C=C1/Sc2ccccc2C1=O. The highest BCUT2D eigenvalue weighted by atomic mass is 32.2. The van der Waals surface area contributed by atoms with Crippen LogP contribution in [0.25, 0.3) is 0 Å². The van der Waals surface area contributed by atoms with Crippen molar-refractivity contribution in [2.45, 2.75) is 11.8 Å². The van der Waals surface area contributed by atoms with Crippen LogP contribution >= 0.6 is 11.8 Å². The van der Waals surface area contributed by atoms with E-state index in [9.17, 15) is 4.79 Å². The molecule has 0 fully saturated rings. The van der Waals surface area contributed by atoms with E-state index in [1.165, 1.54) is 11.8 Å². The van der Waals surface area contributed by atoms with Gasteiger partial charge in [-0.2, -0.15) is 0 Å². The molecule has 90 valence electrons. The van der Waals surface area contributed by atoms with Gasteiger partial charge in [0.1, 0.15) is 0 Å². The van der Waals surface area contributed by atoms with Crippen molar-refractivity contribution in [2.75, 3.05) is 0 Å². The Bertz CT molecular complexity index is 577. The van der Waals surface area contributed by atoms with Crippen molar-refractivity contribution in [3.8, 4) is 0 Å². The van der Waals surface area contributed by atoms with E-state index in [1.54, 1.807) is 6.08 Å². The number of allylic oxidation sites excluding steroid dienone is 7. The molecule has 0 unspecified atom stereocenters. The monoisotopic (exact) mass is 254 g/mol. The lowest BCUT2D eigenvalue weighted by atomic mass is 10.1. The summed E-state index contributed by atoms with van der Waals surface area (Å²) in [4.78, 5) is 14.0. The van der Waals surface area contributed by atoms with Gasteiger partial charge in [-0.3, -0.25) is 4.79 Å². The Kier molecular flexibility index (Phi) is 4.00. The van der Waals surface area contributed by atoms with Gasteiger partial charge in [0.15, 0.2) is 0 Å². The zero-order valence-electron chi connectivity index (χ0n) is 10.2. The van der Waals surface area contributed by atoms with Crippen molar-refractivity contribution in [3.63, 3.8) is 0 Å². The average Bonchev–Trinajstić information content (AvgIpc) is 2.68. The maximum absolute atomic E-state index is 12.2. The highest BCUT2D eigenvalue weighted by Crippen LogP contribution is 2.40. The Morgan fingerprint density at radius 1 is 1.33 bits per heavy atom. The lowest BCUT2D eigenvalue weighted by Gasteiger charge is -1.95. The minimum absolute atomic E-state index is 0.107. The highest BCUT2D eigenvalue weighted by Gasteiger charge is 2.24. The molecule has 0 amide bonds. The van der Waals surface area contributed by atoms with Gasteiger partial charge in [0.05, 0.1) is 4.91 Å². The number of hydrogen-bond donors (Lipinski definition) is 0. The number of thioether (sulfide) groups is 1. The molecule has 1 heterocycles. The van der Waals surface area contributed by atoms with E-state index >= 15 is 0 Å². The molecule has 2 heteroatoms. The van der Waals surface area contributed by atoms with Crippen molar-refractivity contribution < 1.29 is 4.79 Å². The minimum Gasteiger partial charge on any atom is -0.288 e. The predicted molar refractivity (Wildman–Crippen MR) is 77.8 cm³/mol. The summed E-state index contributed by atoms with van der Waals surface area (Å²) < 4.78 is 0. The standard InChI is InChI=1S/C16H14OS/c1-3-7-12(8-4-2)11-15-16(17)13-9-5-6-10-14(13)18-15/h3-11H,1H2,2H3/b8-4-,12-7+,15-11+. The van der Waals surface area contributed by atoms with E-state index in [1.807, 2.05) is 55.5 Å². The number of benzene rings is 1. The Morgan fingerprint density at radius 3 is 2.78 bits per heavy atom. The lowest BCUT2D eigenvalue weighted by molar-refractivity contribution is 0.104. The molecule has 0 aromatic heterocycles. The topological polar surface area (TPSA) is 17.1 Å². The van der Waals surface area contributed by atoms with Crippen LogP contribution in [-0.2, 0) is 0 Å². The molecule has 0 aliphatic carbocycles. The summed E-state index contributed by atoms with van der Waals surface area (Å²) in [5, 5.41) is 0. The number of rotatable bonds is 3. The van der Waals surface area contributed by atoms with Gasteiger partial charge in [0.2, 0.25) is 5.78 Å². The van der Waals surface area contributed by atoms with Gasteiger partial charge >= 0.3 is 0 Å². The van der Waals surface area contributed by atoms with Crippen LogP contribution in [0.4, 0.5) is 0 Å². The van der Waals surface area contributed by atoms with Crippen LogP contribution in [-0.4, -0.2) is 5.78 Å². The van der Waals surface area contributed by atoms with Gasteiger partial charge in [-0.05, 0) is 30.7 Å². The van der Waals surface area contributed by atoms with Crippen LogP contribution in [0.5, 0.6) is 0 Å². The van der Waals surface area contributed by atoms with Gasteiger partial charge in [-0.1, -0.05) is 54.8 Å². The maximum atomic E-state index is 12.2. The zero-order valence-corrected chi connectivity index (χ0v) is 11.0. The largest absolute Gasteiger partial charge is 0.288 e. The van der Waals surface area contributed by atoms with Crippen LogP contribution in [0.15, 0.2) is 76.6 Å². The number of Topliss-reactive ketones (excluding diaryl/α,β-unsaturated/α-hetero) is 1. The molecule has 0 atom stereocenters.